The van der Waals surface area contributed by atoms with Gasteiger partial charge in [0.2, 0.25) is 10.0 Å². The molecule has 0 aliphatic rings. The zero-order chi connectivity index (χ0) is 11.9. The van der Waals surface area contributed by atoms with Crippen molar-refractivity contribution < 1.29 is 13.2 Å². The number of nitrogens with one attached hydrogen (secondary N) is 1. The summed E-state index contributed by atoms with van der Waals surface area (Å²) in [5.74, 6) is 2.30. The van der Waals surface area contributed by atoms with E-state index in [1.165, 1.54) is 12.1 Å². The van der Waals surface area contributed by atoms with Gasteiger partial charge in [-0.25, -0.2) is 13.1 Å². The number of rotatable bonds is 6. The van der Waals surface area contributed by atoms with E-state index in [2.05, 4.69) is 10.6 Å². The number of terminal acetylenes is 1. The maximum atomic E-state index is 11.7. The first-order valence-electron chi connectivity index (χ1n) is 4.73. The van der Waals surface area contributed by atoms with E-state index in [1.807, 2.05) is 0 Å². The summed E-state index contributed by atoms with van der Waals surface area (Å²) in [4.78, 5) is 0.243. The third-order valence-corrected chi connectivity index (χ3v) is 3.25. The molecule has 5 heteroatoms. The summed E-state index contributed by atoms with van der Waals surface area (Å²) in [6, 6.07) is 8.16. The van der Waals surface area contributed by atoms with Crippen molar-refractivity contribution in [1.82, 2.24) is 4.72 Å². The molecule has 0 unspecified atom stereocenters. The Morgan fingerprint density at radius 1 is 1.31 bits per heavy atom. The Bertz CT molecular complexity index is 448. The van der Waals surface area contributed by atoms with Gasteiger partial charge in [-0.15, -0.1) is 6.42 Å². The summed E-state index contributed by atoms with van der Waals surface area (Å²) in [7, 11) is -3.43. The van der Waals surface area contributed by atoms with Crippen LogP contribution in [-0.2, 0) is 14.8 Å². The SMILES string of the molecule is C#CCOCCNS(=O)(=O)c1ccccc1. The molecule has 0 bridgehead atoms. The maximum Gasteiger partial charge on any atom is 0.240 e. The van der Waals surface area contributed by atoms with Crippen LogP contribution in [0.1, 0.15) is 0 Å². The molecule has 86 valence electrons. The van der Waals surface area contributed by atoms with Gasteiger partial charge in [0, 0.05) is 6.54 Å². The second-order valence-corrected chi connectivity index (χ2v) is 4.73. The van der Waals surface area contributed by atoms with Gasteiger partial charge in [0.15, 0.2) is 0 Å². The molecule has 4 nitrogen and oxygen atoms in total. The Labute approximate surface area is 95.7 Å². The highest BCUT2D eigenvalue weighted by Gasteiger charge is 2.11. The summed E-state index contributed by atoms with van der Waals surface area (Å²) < 4.78 is 30.7. The molecule has 0 heterocycles. The molecule has 1 aromatic rings. The second kappa shape index (κ2) is 6.28. The molecule has 0 aliphatic carbocycles. The largest absolute Gasteiger partial charge is 0.367 e. The summed E-state index contributed by atoms with van der Waals surface area (Å²) >= 11 is 0. The van der Waals surface area contributed by atoms with Gasteiger partial charge in [0.05, 0.1) is 11.5 Å². The minimum Gasteiger partial charge on any atom is -0.367 e. The van der Waals surface area contributed by atoms with Crippen LogP contribution < -0.4 is 4.72 Å². The van der Waals surface area contributed by atoms with Crippen molar-refractivity contribution in [1.29, 1.82) is 0 Å². The van der Waals surface area contributed by atoms with Crippen LogP contribution in [0.4, 0.5) is 0 Å². The van der Waals surface area contributed by atoms with Crippen molar-refractivity contribution >= 4 is 10.0 Å². The highest BCUT2D eigenvalue weighted by molar-refractivity contribution is 7.89. The standard InChI is InChI=1S/C11H13NO3S/c1-2-9-15-10-8-12-16(13,14)11-6-4-3-5-7-11/h1,3-7,12H,8-10H2. The molecular formula is C11H13NO3S. The summed E-state index contributed by atoms with van der Waals surface area (Å²) in [6.07, 6.45) is 4.97. The molecular weight excluding hydrogens is 226 g/mol. The zero-order valence-electron chi connectivity index (χ0n) is 8.72. The fourth-order valence-electron chi connectivity index (χ4n) is 1.06. The minimum atomic E-state index is -3.43. The fourth-order valence-corrected chi connectivity index (χ4v) is 2.10. The Morgan fingerprint density at radius 3 is 2.62 bits per heavy atom. The molecule has 0 spiro atoms. The van der Waals surface area contributed by atoms with E-state index in [0.29, 0.717) is 0 Å². The number of benzene rings is 1. The third-order valence-electron chi connectivity index (χ3n) is 1.78. The predicted octanol–water partition coefficient (Wildman–Crippen LogP) is 0.615. The van der Waals surface area contributed by atoms with Gasteiger partial charge in [-0.2, -0.15) is 0 Å². The van der Waals surface area contributed by atoms with Gasteiger partial charge in [0.1, 0.15) is 6.61 Å². The van der Waals surface area contributed by atoms with Gasteiger partial charge in [0.25, 0.3) is 0 Å². The smallest absolute Gasteiger partial charge is 0.240 e. The predicted molar refractivity (Wildman–Crippen MR) is 61.3 cm³/mol. The van der Waals surface area contributed by atoms with E-state index >= 15 is 0 Å². The van der Waals surface area contributed by atoms with Crippen molar-refractivity contribution in [3.8, 4) is 12.3 Å². The quantitative estimate of drug-likeness (QED) is 0.584. The molecule has 1 aromatic carbocycles. The van der Waals surface area contributed by atoms with E-state index < -0.39 is 10.0 Å². The lowest BCUT2D eigenvalue weighted by atomic mass is 10.4. The van der Waals surface area contributed by atoms with E-state index in [-0.39, 0.29) is 24.7 Å². The zero-order valence-corrected chi connectivity index (χ0v) is 9.53. The molecule has 1 rings (SSSR count). The van der Waals surface area contributed by atoms with E-state index in [1.54, 1.807) is 18.2 Å². The van der Waals surface area contributed by atoms with Crippen LogP contribution >= 0.6 is 0 Å². The average Bonchev–Trinajstić information content (AvgIpc) is 2.30. The fraction of sp³-hybridized carbons (Fsp3) is 0.273. The molecule has 16 heavy (non-hydrogen) atoms. The van der Waals surface area contributed by atoms with E-state index in [9.17, 15) is 8.42 Å². The molecule has 1 N–H and O–H groups in total. The summed E-state index contributed by atoms with van der Waals surface area (Å²) in [6.45, 7) is 0.655. The lowest BCUT2D eigenvalue weighted by molar-refractivity contribution is 0.173. The van der Waals surface area contributed by atoms with Crippen molar-refractivity contribution in [2.75, 3.05) is 19.8 Å². The van der Waals surface area contributed by atoms with Crippen LogP contribution in [0, 0.1) is 12.3 Å². The first-order valence-corrected chi connectivity index (χ1v) is 6.21. The van der Waals surface area contributed by atoms with Gasteiger partial charge >= 0.3 is 0 Å². The van der Waals surface area contributed by atoms with Crippen LogP contribution in [0.5, 0.6) is 0 Å². The second-order valence-electron chi connectivity index (χ2n) is 2.97. The summed E-state index contributed by atoms with van der Waals surface area (Å²) in [5.41, 5.74) is 0. The Hall–Kier alpha value is -1.35. The minimum absolute atomic E-state index is 0.188. The maximum absolute atomic E-state index is 11.7. The van der Waals surface area contributed by atoms with Crippen LogP contribution in [0.15, 0.2) is 35.2 Å². The highest BCUT2D eigenvalue weighted by atomic mass is 32.2. The Kier molecular flexibility index (Phi) is 4.99. The normalized spacial score (nSPS) is 10.9. The van der Waals surface area contributed by atoms with Gasteiger partial charge in [-0.3, -0.25) is 0 Å². The summed E-state index contributed by atoms with van der Waals surface area (Å²) in [5, 5.41) is 0. The lowest BCUT2D eigenvalue weighted by Crippen LogP contribution is -2.27. The highest BCUT2D eigenvalue weighted by Crippen LogP contribution is 2.06. The van der Waals surface area contributed by atoms with Gasteiger partial charge < -0.3 is 4.74 Å². The molecule has 0 fully saturated rings. The first-order chi connectivity index (χ1) is 7.67. The first kappa shape index (κ1) is 12.7. The topological polar surface area (TPSA) is 55.4 Å². The number of hydrogen-bond acceptors (Lipinski definition) is 3. The van der Waals surface area contributed by atoms with Crippen molar-refractivity contribution in [2.24, 2.45) is 0 Å². The van der Waals surface area contributed by atoms with Crippen molar-refractivity contribution in [3.05, 3.63) is 30.3 Å². The molecule has 0 atom stereocenters. The van der Waals surface area contributed by atoms with Crippen LogP contribution in [0.25, 0.3) is 0 Å². The van der Waals surface area contributed by atoms with Crippen LogP contribution in [0.3, 0.4) is 0 Å². The Morgan fingerprint density at radius 2 is 2.00 bits per heavy atom. The molecule has 0 amide bonds. The van der Waals surface area contributed by atoms with Crippen molar-refractivity contribution in [2.45, 2.75) is 4.90 Å². The average molecular weight is 239 g/mol. The number of sulfonamides is 1. The molecule has 0 saturated heterocycles. The lowest BCUT2D eigenvalue weighted by Gasteiger charge is -2.05. The number of hydrogen-bond donors (Lipinski definition) is 1. The molecule has 0 aliphatic heterocycles. The number of ether oxygens (including phenoxy) is 1. The van der Waals surface area contributed by atoms with Crippen molar-refractivity contribution in [3.63, 3.8) is 0 Å². The molecule has 0 saturated carbocycles. The monoisotopic (exact) mass is 239 g/mol. The molecule has 0 aromatic heterocycles. The van der Waals surface area contributed by atoms with E-state index in [4.69, 9.17) is 11.2 Å². The van der Waals surface area contributed by atoms with Gasteiger partial charge in [-0.05, 0) is 12.1 Å². The third kappa shape index (κ3) is 4.03. The van der Waals surface area contributed by atoms with Crippen LogP contribution in [0.2, 0.25) is 0 Å². The van der Waals surface area contributed by atoms with Gasteiger partial charge in [-0.1, -0.05) is 24.1 Å². The van der Waals surface area contributed by atoms with E-state index in [0.717, 1.165) is 0 Å². The Balaban J connectivity index is 2.45. The van der Waals surface area contributed by atoms with Crippen LogP contribution in [-0.4, -0.2) is 28.2 Å². The molecule has 0 radical (unpaired) electrons.